The summed E-state index contributed by atoms with van der Waals surface area (Å²) in [6.07, 6.45) is -4.22. The third-order valence-corrected chi connectivity index (χ3v) is 7.28. The van der Waals surface area contributed by atoms with Gasteiger partial charge in [-0.1, -0.05) is 31.2 Å². The highest BCUT2D eigenvalue weighted by Crippen LogP contribution is 2.34. The lowest BCUT2D eigenvalue weighted by atomic mass is 9.93. The van der Waals surface area contributed by atoms with Gasteiger partial charge in [0, 0.05) is 34.4 Å². The van der Waals surface area contributed by atoms with Crippen molar-refractivity contribution in [3.8, 4) is 5.75 Å². The number of H-pyrrole nitrogens is 1. The fourth-order valence-electron chi connectivity index (χ4n) is 5.17. The number of alkyl halides is 3. The quantitative estimate of drug-likeness (QED) is 0.217. The maximum atomic E-state index is 13.9. The number of benzene rings is 3. The van der Waals surface area contributed by atoms with Gasteiger partial charge in [0.15, 0.2) is 0 Å². The molecule has 12 heteroatoms. The number of hydrogen-bond acceptors (Lipinski definition) is 6. The Hall–Kier alpha value is -5.00. The molecule has 224 valence electrons. The summed E-state index contributed by atoms with van der Waals surface area (Å²) in [6.45, 7) is 5.30. The molecular formula is C31H29F3N4O5. The van der Waals surface area contributed by atoms with Gasteiger partial charge in [0.05, 0.1) is 12.6 Å². The van der Waals surface area contributed by atoms with Crippen LogP contribution in [-0.2, 0) is 9.53 Å². The minimum atomic E-state index is -4.99. The Morgan fingerprint density at radius 1 is 0.953 bits per heavy atom. The molecule has 3 aromatic carbocycles. The summed E-state index contributed by atoms with van der Waals surface area (Å²) in [5.74, 6) is -1.27. The summed E-state index contributed by atoms with van der Waals surface area (Å²) in [7, 11) is 0. The molecule has 0 aliphatic carbocycles. The van der Waals surface area contributed by atoms with E-state index in [-0.39, 0.29) is 29.3 Å². The molecule has 6 rings (SSSR count). The van der Waals surface area contributed by atoms with Gasteiger partial charge < -0.3 is 25.1 Å². The molecule has 3 atom stereocenters. The van der Waals surface area contributed by atoms with E-state index in [2.05, 4.69) is 25.7 Å². The number of anilines is 2. The molecule has 9 nitrogen and oxygen atoms in total. The topological polar surface area (TPSA) is 122 Å². The van der Waals surface area contributed by atoms with E-state index in [0.717, 1.165) is 17.2 Å². The number of halogens is 3. The molecule has 4 bridgehead atoms. The molecule has 3 heterocycles. The maximum absolute atomic E-state index is 13.9. The predicted molar refractivity (Wildman–Crippen MR) is 155 cm³/mol. The summed E-state index contributed by atoms with van der Waals surface area (Å²) in [4.78, 5) is 41.4. The van der Waals surface area contributed by atoms with Crippen LogP contribution in [0, 0.1) is 6.92 Å². The molecule has 1 aromatic heterocycles. The van der Waals surface area contributed by atoms with Crippen molar-refractivity contribution in [1.29, 1.82) is 0 Å². The summed E-state index contributed by atoms with van der Waals surface area (Å²) >= 11 is 0. The van der Waals surface area contributed by atoms with Gasteiger partial charge in [-0.05, 0) is 72.3 Å². The molecule has 0 fully saturated rings. The number of carbonyl (C=O) groups is 2. The number of carbonyl (C=O) groups excluding carboxylic acids is 2. The number of rotatable bonds is 3. The highest BCUT2D eigenvalue weighted by molar-refractivity contribution is 5.89. The van der Waals surface area contributed by atoms with Gasteiger partial charge in [-0.3, -0.25) is 14.9 Å². The standard InChI is InChI=1S/C31H29F3N4O5/c1-16-12-20-5-8-23(16)17(2)15-42-30(41)38-22-7-9-26(43-31(32,33)34)24(13-22)18(3)36-29(40)27(20)37-21-6-4-19-10-11-35-28(39)25(19)14-21/h4-14,17-18,27,37H,15H2,1-3H3,(H,35,39)(H,36,40)(H,38,41)/t17-,18+,27+/m0/s1. The third-order valence-electron chi connectivity index (χ3n) is 7.28. The first kappa shape index (κ1) is 29.5. The monoisotopic (exact) mass is 594 g/mol. The smallest absolute Gasteiger partial charge is 0.449 e. The Balaban J connectivity index is 1.58. The van der Waals surface area contributed by atoms with Crippen LogP contribution in [0.2, 0.25) is 0 Å². The lowest BCUT2D eigenvalue weighted by Gasteiger charge is -2.26. The van der Waals surface area contributed by atoms with Crippen molar-refractivity contribution >= 4 is 34.1 Å². The zero-order valence-electron chi connectivity index (χ0n) is 23.5. The highest BCUT2D eigenvalue weighted by Gasteiger charge is 2.33. The Morgan fingerprint density at radius 2 is 1.74 bits per heavy atom. The molecule has 2 aliphatic heterocycles. The van der Waals surface area contributed by atoms with E-state index < -0.39 is 36.2 Å². The number of fused-ring (bicyclic) bond motifs is 10. The molecule has 0 radical (unpaired) electrons. The van der Waals surface area contributed by atoms with Crippen molar-refractivity contribution < 1.29 is 32.2 Å². The van der Waals surface area contributed by atoms with Crippen LogP contribution in [0.15, 0.2) is 71.7 Å². The van der Waals surface area contributed by atoms with E-state index in [1.807, 2.05) is 26.0 Å². The highest BCUT2D eigenvalue weighted by atomic mass is 19.4. The molecule has 2 aliphatic rings. The maximum Gasteiger partial charge on any atom is 0.573 e. The normalized spacial score (nSPS) is 19.3. The molecule has 0 unspecified atom stereocenters. The van der Waals surface area contributed by atoms with E-state index in [1.54, 1.807) is 36.5 Å². The molecule has 0 saturated carbocycles. The van der Waals surface area contributed by atoms with Crippen LogP contribution in [0.3, 0.4) is 0 Å². The van der Waals surface area contributed by atoms with Gasteiger partial charge in [0.25, 0.3) is 5.56 Å². The van der Waals surface area contributed by atoms with Gasteiger partial charge in [0.2, 0.25) is 5.91 Å². The third kappa shape index (κ3) is 6.74. The van der Waals surface area contributed by atoms with Crippen LogP contribution in [0.5, 0.6) is 5.75 Å². The fraction of sp³-hybridized carbons (Fsp3) is 0.258. The van der Waals surface area contributed by atoms with Crippen molar-refractivity contribution in [3.63, 3.8) is 0 Å². The van der Waals surface area contributed by atoms with Crippen molar-refractivity contribution in [2.24, 2.45) is 0 Å². The van der Waals surface area contributed by atoms with Gasteiger partial charge in [-0.2, -0.15) is 0 Å². The summed E-state index contributed by atoms with van der Waals surface area (Å²) in [5.41, 5.74) is 2.65. The van der Waals surface area contributed by atoms with E-state index in [0.29, 0.717) is 22.0 Å². The molecule has 0 saturated heterocycles. The SMILES string of the molecule is Cc1cc2ccc1[C@@H](C)COC(=O)Nc1ccc(OC(F)(F)F)c(c1)[C@@H](C)NC(=O)[C@@H]2Nc1ccc2cc[nH]c(=O)c2c1. The van der Waals surface area contributed by atoms with Gasteiger partial charge in [-0.25, -0.2) is 4.79 Å². The predicted octanol–water partition coefficient (Wildman–Crippen LogP) is 6.43. The fourth-order valence-corrected chi connectivity index (χ4v) is 5.17. The summed E-state index contributed by atoms with van der Waals surface area (Å²) in [5, 5.41) is 9.63. The average molecular weight is 595 g/mol. The summed E-state index contributed by atoms with van der Waals surface area (Å²) in [6, 6.07) is 13.9. The molecule has 4 N–H and O–H groups in total. The molecule has 2 amide bonds. The number of aromatic nitrogens is 1. The molecule has 4 aromatic rings. The molecule has 43 heavy (non-hydrogen) atoms. The zero-order chi connectivity index (χ0) is 30.9. The second kappa shape index (κ2) is 11.7. The van der Waals surface area contributed by atoms with Crippen LogP contribution in [0.25, 0.3) is 10.8 Å². The minimum Gasteiger partial charge on any atom is -0.449 e. The van der Waals surface area contributed by atoms with Gasteiger partial charge in [-0.15, -0.1) is 13.2 Å². The van der Waals surface area contributed by atoms with E-state index >= 15 is 0 Å². The molecule has 0 spiro atoms. The largest absolute Gasteiger partial charge is 0.573 e. The van der Waals surface area contributed by atoms with Crippen LogP contribution in [-0.4, -0.2) is 30.0 Å². The van der Waals surface area contributed by atoms with Crippen molar-refractivity contribution in [2.45, 2.75) is 45.1 Å². The number of ether oxygens (including phenoxy) is 2. The average Bonchev–Trinajstić information content (AvgIpc) is 2.94. The lowest BCUT2D eigenvalue weighted by molar-refractivity contribution is -0.275. The lowest BCUT2D eigenvalue weighted by Crippen LogP contribution is -2.35. The van der Waals surface area contributed by atoms with Gasteiger partial charge >= 0.3 is 12.5 Å². The second-order valence-corrected chi connectivity index (χ2v) is 10.5. The number of amides is 2. The second-order valence-electron chi connectivity index (χ2n) is 10.5. The number of nitrogens with one attached hydrogen (secondary N) is 4. The number of aryl methyl sites for hydroxylation is 1. The van der Waals surface area contributed by atoms with Crippen LogP contribution >= 0.6 is 0 Å². The van der Waals surface area contributed by atoms with E-state index in [4.69, 9.17) is 4.74 Å². The Kier molecular flexibility index (Phi) is 8.03. The first-order valence-corrected chi connectivity index (χ1v) is 13.5. The number of pyridine rings is 1. The molecular weight excluding hydrogens is 565 g/mol. The first-order valence-electron chi connectivity index (χ1n) is 13.5. The summed E-state index contributed by atoms with van der Waals surface area (Å²) < 4.78 is 49.3. The number of aromatic amines is 1. The Bertz CT molecular complexity index is 1750. The van der Waals surface area contributed by atoms with Crippen LogP contribution in [0.4, 0.5) is 29.3 Å². The van der Waals surface area contributed by atoms with Crippen LogP contribution in [0.1, 0.15) is 54.1 Å². The van der Waals surface area contributed by atoms with E-state index in [1.165, 1.54) is 19.1 Å². The van der Waals surface area contributed by atoms with Gasteiger partial charge in [0.1, 0.15) is 11.8 Å². The number of hydrogen-bond donors (Lipinski definition) is 4. The van der Waals surface area contributed by atoms with Crippen LogP contribution < -0.4 is 26.2 Å². The van der Waals surface area contributed by atoms with E-state index in [9.17, 15) is 27.6 Å². The van der Waals surface area contributed by atoms with Crippen molar-refractivity contribution in [1.82, 2.24) is 10.3 Å². The minimum absolute atomic E-state index is 0.0218. The Labute approximate surface area is 244 Å². The Morgan fingerprint density at radius 3 is 2.49 bits per heavy atom. The van der Waals surface area contributed by atoms with Crippen molar-refractivity contribution in [2.75, 3.05) is 17.2 Å². The van der Waals surface area contributed by atoms with Crippen molar-refractivity contribution in [3.05, 3.63) is 99.5 Å². The first-order chi connectivity index (χ1) is 20.4. The zero-order valence-corrected chi connectivity index (χ0v) is 23.5.